The molecule has 1 amide bonds. The number of nitrogens with zero attached hydrogens (tertiary/aromatic N) is 2. The first kappa shape index (κ1) is 15.5. The second kappa shape index (κ2) is 9.35. The van der Waals surface area contributed by atoms with E-state index in [1.807, 2.05) is 0 Å². The number of nitrogens with one attached hydrogen (secondary N) is 2. The molecule has 1 aromatic rings. The van der Waals surface area contributed by atoms with Gasteiger partial charge in [0.1, 0.15) is 0 Å². The van der Waals surface area contributed by atoms with Gasteiger partial charge in [-0.25, -0.2) is 0 Å². The third-order valence-electron chi connectivity index (χ3n) is 3.03. The van der Waals surface area contributed by atoms with Gasteiger partial charge in [0, 0.05) is 6.54 Å². The fourth-order valence-corrected chi connectivity index (χ4v) is 1.92. The number of unbranched alkanes of at least 4 members (excludes halogenated alkanes) is 7. The minimum absolute atomic E-state index is 0.0947. The van der Waals surface area contributed by atoms with Crippen LogP contribution in [0.15, 0.2) is 0 Å². The third kappa shape index (κ3) is 6.79. The number of nitrogen functional groups attached to an aromatic ring is 1. The molecule has 0 unspecified atom stereocenters. The topological polar surface area (TPSA) is 96.7 Å². The Morgan fingerprint density at radius 3 is 2.37 bits per heavy atom. The summed E-state index contributed by atoms with van der Waals surface area (Å²) in [5, 5.41) is 8.89. The fourth-order valence-electron chi connectivity index (χ4n) is 1.92. The average molecular weight is 267 g/mol. The summed E-state index contributed by atoms with van der Waals surface area (Å²) in [6, 6.07) is 0. The van der Waals surface area contributed by atoms with Crippen LogP contribution in [0.2, 0.25) is 0 Å². The smallest absolute Gasteiger partial charge is 0.288 e. The molecular weight excluding hydrogens is 242 g/mol. The Morgan fingerprint density at radius 1 is 1.16 bits per heavy atom. The summed E-state index contributed by atoms with van der Waals surface area (Å²) in [6.07, 6.45) is 10.0. The quantitative estimate of drug-likeness (QED) is 0.566. The van der Waals surface area contributed by atoms with E-state index in [4.69, 9.17) is 5.73 Å². The van der Waals surface area contributed by atoms with E-state index in [0.717, 1.165) is 12.8 Å². The van der Waals surface area contributed by atoms with Gasteiger partial charge in [0.2, 0.25) is 11.8 Å². The molecule has 0 saturated carbocycles. The Balaban J connectivity index is 1.95. The van der Waals surface area contributed by atoms with Gasteiger partial charge >= 0.3 is 0 Å². The number of hydrogen-bond acceptors (Lipinski definition) is 4. The van der Waals surface area contributed by atoms with Gasteiger partial charge in [0.25, 0.3) is 5.91 Å². The van der Waals surface area contributed by atoms with Crippen LogP contribution in [0.25, 0.3) is 0 Å². The molecule has 0 bridgehead atoms. The monoisotopic (exact) mass is 267 g/mol. The largest absolute Gasteiger partial charge is 0.366 e. The number of carbonyl (C=O) groups is 1. The first-order chi connectivity index (χ1) is 9.24. The lowest BCUT2D eigenvalue weighted by atomic mass is 10.1. The normalized spacial score (nSPS) is 10.6. The lowest BCUT2D eigenvalue weighted by Crippen LogP contribution is -2.25. The summed E-state index contributed by atoms with van der Waals surface area (Å²) in [5.74, 6) is 0.0291. The van der Waals surface area contributed by atoms with E-state index in [-0.39, 0.29) is 17.7 Å². The number of hydrogen-bond donors (Lipinski definition) is 3. The van der Waals surface area contributed by atoms with Gasteiger partial charge < -0.3 is 11.1 Å². The van der Waals surface area contributed by atoms with Crippen molar-refractivity contribution in [2.24, 2.45) is 0 Å². The Hall–Kier alpha value is -1.59. The SMILES string of the molecule is CCCCCCCCCCNC(=O)c1nc(N)n[nH]1. The molecule has 0 aliphatic carbocycles. The summed E-state index contributed by atoms with van der Waals surface area (Å²) < 4.78 is 0. The molecule has 108 valence electrons. The predicted molar refractivity (Wildman–Crippen MR) is 75.7 cm³/mol. The number of nitrogens with two attached hydrogens (primary N) is 1. The van der Waals surface area contributed by atoms with Crippen LogP contribution in [-0.4, -0.2) is 27.6 Å². The van der Waals surface area contributed by atoms with Crippen molar-refractivity contribution in [1.82, 2.24) is 20.5 Å². The Kier molecular flexibility index (Phi) is 7.62. The zero-order valence-electron chi connectivity index (χ0n) is 11.7. The van der Waals surface area contributed by atoms with Gasteiger partial charge in [0.15, 0.2) is 0 Å². The van der Waals surface area contributed by atoms with Crippen molar-refractivity contribution >= 4 is 11.9 Å². The van der Waals surface area contributed by atoms with Crippen LogP contribution in [0.5, 0.6) is 0 Å². The first-order valence-corrected chi connectivity index (χ1v) is 7.20. The van der Waals surface area contributed by atoms with Crippen LogP contribution in [0, 0.1) is 0 Å². The maximum atomic E-state index is 11.6. The minimum Gasteiger partial charge on any atom is -0.366 e. The number of H-pyrrole nitrogens is 1. The van der Waals surface area contributed by atoms with E-state index in [9.17, 15) is 4.79 Å². The molecule has 0 aromatic carbocycles. The van der Waals surface area contributed by atoms with Crippen LogP contribution >= 0.6 is 0 Å². The number of anilines is 1. The summed E-state index contributed by atoms with van der Waals surface area (Å²) in [6.45, 7) is 2.90. The highest BCUT2D eigenvalue weighted by Crippen LogP contribution is 2.07. The second-order valence-electron chi connectivity index (χ2n) is 4.77. The number of aromatic nitrogens is 3. The first-order valence-electron chi connectivity index (χ1n) is 7.20. The van der Waals surface area contributed by atoms with Crippen LogP contribution in [0.3, 0.4) is 0 Å². The van der Waals surface area contributed by atoms with Crippen LogP contribution in [0.1, 0.15) is 68.9 Å². The zero-order valence-corrected chi connectivity index (χ0v) is 11.7. The summed E-state index contributed by atoms with van der Waals surface area (Å²) in [7, 11) is 0. The van der Waals surface area contributed by atoms with E-state index in [1.54, 1.807) is 0 Å². The van der Waals surface area contributed by atoms with Gasteiger partial charge in [-0.15, -0.1) is 5.10 Å². The Bertz CT molecular complexity index is 364. The molecule has 0 saturated heterocycles. The van der Waals surface area contributed by atoms with Gasteiger partial charge in [-0.2, -0.15) is 4.98 Å². The number of amides is 1. The van der Waals surface area contributed by atoms with E-state index in [2.05, 4.69) is 27.4 Å². The van der Waals surface area contributed by atoms with Crippen molar-refractivity contribution in [2.75, 3.05) is 12.3 Å². The molecule has 1 heterocycles. The van der Waals surface area contributed by atoms with E-state index in [0.29, 0.717) is 6.54 Å². The summed E-state index contributed by atoms with van der Waals surface area (Å²) in [5.41, 5.74) is 5.33. The zero-order chi connectivity index (χ0) is 13.9. The molecule has 6 heteroatoms. The summed E-state index contributed by atoms with van der Waals surface area (Å²) in [4.78, 5) is 15.3. The summed E-state index contributed by atoms with van der Waals surface area (Å²) >= 11 is 0. The Morgan fingerprint density at radius 2 is 1.79 bits per heavy atom. The van der Waals surface area contributed by atoms with Crippen LogP contribution < -0.4 is 11.1 Å². The molecule has 0 radical (unpaired) electrons. The van der Waals surface area contributed by atoms with Crippen LogP contribution in [0.4, 0.5) is 5.95 Å². The molecule has 1 aromatic heterocycles. The van der Waals surface area contributed by atoms with Crippen LogP contribution in [-0.2, 0) is 0 Å². The third-order valence-corrected chi connectivity index (χ3v) is 3.03. The maximum Gasteiger partial charge on any atom is 0.288 e. The van der Waals surface area contributed by atoms with E-state index < -0.39 is 0 Å². The molecule has 0 atom stereocenters. The molecule has 0 aliphatic heterocycles. The highest BCUT2D eigenvalue weighted by Gasteiger charge is 2.08. The molecule has 1 rings (SSSR count). The fraction of sp³-hybridized carbons (Fsp3) is 0.769. The van der Waals surface area contributed by atoms with Crippen molar-refractivity contribution in [3.05, 3.63) is 5.82 Å². The lowest BCUT2D eigenvalue weighted by molar-refractivity contribution is 0.0943. The highest BCUT2D eigenvalue weighted by molar-refractivity contribution is 5.90. The molecule has 0 spiro atoms. The van der Waals surface area contributed by atoms with Gasteiger partial charge in [0.05, 0.1) is 0 Å². The maximum absolute atomic E-state index is 11.6. The van der Waals surface area contributed by atoms with Gasteiger partial charge in [-0.1, -0.05) is 51.9 Å². The molecule has 19 heavy (non-hydrogen) atoms. The van der Waals surface area contributed by atoms with Gasteiger partial charge in [-0.3, -0.25) is 9.89 Å². The number of carbonyl (C=O) groups excluding carboxylic acids is 1. The molecule has 6 nitrogen and oxygen atoms in total. The second-order valence-corrected chi connectivity index (χ2v) is 4.77. The molecule has 0 aliphatic rings. The van der Waals surface area contributed by atoms with Crippen molar-refractivity contribution in [3.8, 4) is 0 Å². The number of rotatable bonds is 10. The van der Waals surface area contributed by atoms with Crippen molar-refractivity contribution in [2.45, 2.75) is 58.3 Å². The number of aromatic amines is 1. The van der Waals surface area contributed by atoms with Gasteiger partial charge in [-0.05, 0) is 6.42 Å². The van der Waals surface area contributed by atoms with E-state index >= 15 is 0 Å². The molecule has 0 fully saturated rings. The average Bonchev–Trinajstić information content (AvgIpc) is 2.83. The molecular formula is C13H25N5O. The minimum atomic E-state index is -0.243. The standard InChI is InChI=1S/C13H25N5O/c1-2-3-4-5-6-7-8-9-10-15-12(19)11-16-13(14)18-17-11/h2-10H2,1H3,(H,15,19)(H3,14,16,17,18). The highest BCUT2D eigenvalue weighted by atomic mass is 16.2. The van der Waals surface area contributed by atoms with Crippen molar-refractivity contribution in [3.63, 3.8) is 0 Å². The van der Waals surface area contributed by atoms with Crippen molar-refractivity contribution in [1.29, 1.82) is 0 Å². The predicted octanol–water partition coefficient (Wildman–Crippen LogP) is 2.26. The van der Waals surface area contributed by atoms with Crippen molar-refractivity contribution < 1.29 is 4.79 Å². The lowest BCUT2D eigenvalue weighted by Gasteiger charge is -2.03. The Labute approximate surface area is 114 Å². The molecule has 4 N–H and O–H groups in total. The van der Waals surface area contributed by atoms with E-state index in [1.165, 1.54) is 38.5 Å².